The molecule has 1 fully saturated rings. The van der Waals surface area contributed by atoms with E-state index in [1.54, 1.807) is 6.92 Å². The molecule has 2 aliphatic rings. The Bertz CT molecular complexity index is 944. The van der Waals surface area contributed by atoms with Gasteiger partial charge in [0.1, 0.15) is 5.82 Å². The zero-order chi connectivity index (χ0) is 21.5. The molecule has 154 valence electrons. The van der Waals surface area contributed by atoms with Crippen molar-refractivity contribution in [3.8, 4) is 0 Å². The number of Topliss-reactive ketones (excluding diaryl/α,β-unsaturated/α-hetero) is 1. The van der Waals surface area contributed by atoms with Crippen molar-refractivity contribution in [2.24, 2.45) is 0 Å². The summed E-state index contributed by atoms with van der Waals surface area (Å²) in [7, 11) is 0. The fourth-order valence-electron chi connectivity index (χ4n) is 3.41. The fraction of sp³-hybridized carbons (Fsp3) is 0.400. The van der Waals surface area contributed by atoms with E-state index in [4.69, 9.17) is 9.47 Å². The van der Waals surface area contributed by atoms with Crippen LogP contribution in [-0.4, -0.2) is 35.5 Å². The third-order valence-corrected chi connectivity index (χ3v) is 4.77. The van der Waals surface area contributed by atoms with Gasteiger partial charge in [-0.05, 0) is 37.0 Å². The molecule has 1 aromatic carbocycles. The number of esters is 2. The molecular formula is C20H21FN2O6. The van der Waals surface area contributed by atoms with Crippen molar-refractivity contribution in [1.82, 2.24) is 5.32 Å². The van der Waals surface area contributed by atoms with Gasteiger partial charge >= 0.3 is 11.9 Å². The van der Waals surface area contributed by atoms with Crippen molar-refractivity contribution >= 4 is 29.3 Å². The Morgan fingerprint density at radius 1 is 1.24 bits per heavy atom. The first-order valence-corrected chi connectivity index (χ1v) is 9.07. The first kappa shape index (κ1) is 20.5. The average molecular weight is 404 g/mol. The summed E-state index contributed by atoms with van der Waals surface area (Å²) in [6, 6.07) is 0.381. The van der Waals surface area contributed by atoms with E-state index in [2.05, 4.69) is 10.6 Å². The minimum Gasteiger partial charge on any atom is -0.419 e. The van der Waals surface area contributed by atoms with E-state index in [-0.39, 0.29) is 22.9 Å². The topological polar surface area (TPSA) is 111 Å². The van der Waals surface area contributed by atoms with Crippen LogP contribution in [-0.2, 0) is 30.3 Å². The minimum atomic E-state index is -1.39. The molecule has 1 unspecified atom stereocenters. The summed E-state index contributed by atoms with van der Waals surface area (Å²) in [5.74, 6) is -4.45. The third-order valence-electron chi connectivity index (χ3n) is 4.77. The monoisotopic (exact) mass is 404 g/mol. The predicted molar refractivity (Wildman–Crippen MR) is 99.4 cm³/mol. The van der Waals surface area contributed by atoms with Crippen molar-refractivity contribution in [3.63, 3.8) is 0 Å². The number of cyclic esters (lactones) is 2. The number of fused-ring (bicyclic) bond motifs is 1. The van der Waals surface area contributed by atoms with Gasteiger partial charge in [-0.3, -0.25) is 9.59 Å². The molecule has 1 atom stereocenters. The lowest BCUT2D eigenvalue weighted by Crippen LogP contribution is -2.43. The van der Waals surface area contributed by atoms with Crippen molar-refractivity contribution in [2.45, 2.75) is 52.4 Å². The van der Waals surface area contributed by atoms with Gasteiger partial charge < -0.3 is 20.1 Å². The number of nitrogens with one attached hydrogen (secondary N) is 2. The number of hydrogen-bond acceptors (Lipinski definition) is 7. The van der Waals surface area contributed by atoms with Crippen LogP contribution in [0, 0.1) is 12.7 Å². The maximum absolute atomic E-state index is 14.4. The predicted octanol–water partition coefficient (Wildman–Crippen LogP) is 1.90. The quantitative estimate of drug-likeness (QED) is 0.450. The van der Waals surface area contributed by atoms with Crippen LogP contribution in [0.5, 0.6) is 0 Å². The summed E-state index contributed by atoms with van der Waals surface area (Å²) in [6.07, 6.45) is 1.77. The number of anilines is 1. The van der Waals surface area contributed by atoms with Crippen LogP contribution in [0.2, 0.25) is 0 Å². The molecular weight excluding hydrogens is 383 g/mol. The summed E-state index contributed by atoms with van der Waals surface area (Å²) in [6.45, 7) is 5.71. The SMILES string of the molecule is CC(=O)NC1CCc2c(C)c(F)cc(NC=C3C(=O)OC(C)(C)OC3=O)c2C1=O. The number of hydrogen-bond donors (Lipinski definition) is 2. The lowest BCUT2D eigenvalue weighted by Gasteiger charge is -2.30. The maximum atomic E-state index is 14.4. The molecule has 8 nitrogen and oxygen atoms in total. The first-order valence-electron chi connectivity index (χ1n) is 9.07. The second-order valence-electron chi connectivity index (χ2n) is 7.42. The van der Waals surface area contributed by atoms with E-state index in [0.717, 1.165) is 12.3 Å². The lowest BCUT2D eigenvalue weighted by atomic mass is 9.83. The van der Waals surface area contributed by atoms with Crippen LogP contribution in [0.1, 0.15) is 48.7 Å². The largest absolute Gasteiger partial charge is 0.419 e. The highest BCUT2D eigenvalue weighted by molar-refractivity contribution is 6.15. The standard InChI is InChI=1S/C20H21FN2O6/c1-9-11-5-6-14(23-10(2)24)17(25)16(11)15(7-13(9)21)22-8-12-18(26)28-20(3,4)29-19(12)27/h7-8,14,22H,5-6H2,1-4H3,(H,23,24). The molecule has 2 N–H and O–H groups in total. The summed E-state index contributed by atoms with van der Waals surface area (Å²) in [5.41, 5.74) is 0.740. The summed E-state index contributed by atoms with van der Waals surface area (Å²) in [4.78, 5) is 48.4. The minimum absolute atomic E-state index is 0.0843. The fourth-order valence-corrected chi connectivity index (χ4v) is 3.41. The molecule has 1 aromatic rings. The maximum Gasteiger partial charge on any atom is 0.350 e. The van der Waals surface area contributed by atoms with E-state index in [1.165, 1.54) is 20.8 Å². The molecule has 1 saturated heterocycles. The Morgan fingerprint density at radius 2 is 1.86 bits per heavy atom. The summed E-state index contributed by atoms with van der Waals surface area (Å²) in [5, 5.41) is 5.25. The Hall–Kier alpha value is -3.23. The Balaban J connectivity index is 1.98. The number of amides is 1. The number of ether oxygens (including phenoxy) is 2. The second kappa shape index (κ2) is 7.31. The number of carbonyl (C=O) groups excluding carboxylic acids is 4. The van der Waals surface area contributed by atoms with Crippen LogP contribution < -0.4 is 10.6 Å². The normalized spacial score (nSPS) is 20.4. The van der Waals surface area contributed by atoms with Gasteiger partial charge in [-0.15, -0.1) is 0 Å². The van der Waals surface area contributed by atoms with E-state index >= 15 is 0 Å². The summed E-state index contributed by atoms with van der Waals surface area (Å²) >= 11 is 0. The highest BCUT2D eigenvalue weighted by atomic mass is 19.1. The Kier molecular flexibility index (Phi) is 5.16. The van der Waals surface area contributed by atoms with E-state index < -0.39 is 35.2 Å². The number of halogens is 1. The van der Waals surface area contributed by atoms with Crippen molar-refractivity contribution in [3.05, 3.63) is 40.3 Å². The molecule has 29 heavy (non-hydrogen) atoms. The van der Waals surface area contributed by atoms with Crippen molar-refractivity contribution in [1.29, 1.82) is 0 Å². The lowest BCUT2D eigenvalue weighted by molar-refractivity contribution is -0.222. The van der Waals surface area contributed by atoms with Crippen LogP contribution in [0.4, 0.5) is 10.1 Å². The molecule has 1 amide bonds. The van der Waals surface area contributed by atoms with E-state index in [1.807, 2.05) is 0 Å². The molecule has 0 aromatic heterocycles. The number of ketones is 1. The molecule has 1 aliphatic carbocycles. The van der Waals surface area contributed by atoms with Crippen molar-refractivity contribution in [2.75, 3.05) is 5.32 Å². The molecule has 0 saturated carbocycles. The number of carbonyl (C=O) groups is 4. The van der Waals surface area contributed by atoms with Crippen molar-refractivity contribution < 1.29 is 33.0 Å². The smallest absolute Gasteiger partial charge is 0.350 e. The molecule has 0 spiro atoms. The molecule has 1 heterocycles. The summed E-state index contributed by atoms with van der Waals surface area (Å²) < 4.78 is 24.4. The molecule has 9 heteroatoms. The van der Waals surface area contributed by atoms with E-state index in [9.17, 15) is 23.6 Å². The second-order valence-corrected chi connectivity index (χ2v) is 7.42. The van der Waals surface area contributed by atoms with Gasteiger partial charge in [-0.2, -0.15) is 0 Å². The molecule has 3 rings (SSSR count). The van der Waals surface area contributed by atoms with Gasteiger partial charge in [0.15, 0.2) is 11.4 Å². The van der Waals surface area contributed by atoms with Gasteiger partial charge in [-0.25, -0.2) is 14.0 Å². The van der Waals surface area contributed by atoms with Crippen LogP contribution in [0.15, 0.2) is 17.8 Å². The highest BCUT2D eigenvalue weighted by Crippen LogP contribution is 2.33. The molecule has 1 aliphatic heterocycles. The van der Waals surface area contributed by atoms with Crippen LogP contribution >= 0.6 is 0 Å². The van der Waals surface area contributed by atoms with Gasteiger partial charge in [0, 0.05) is 32.5 Å². The van der Waals surface area contributed by atoms with Gasteiger partial charge in [0.2, 0.25) is 5.91 Å². The zero-order valence-electron chi connectivity index (χ0n) is 16.5. The van der Waals surface area contributed by atoms with Crippen LogP contribution in [0.3, 0.4) is 0 Å². The Labute approximate surface area is 166 Å². The van der Waals surface area contributed by atoms with Gasteiger partial charge in [0.05, 0.1) is 11.7 Å². The number of rotatable bonds is 3. The van der Waals surface area contributed by atoms with Gasteiger partial charge in [-0.1, -0.05) is 0 Å². The van der Waals surface area contributed by atoms with E-state index in [0.29, 0.717) is 24.0 Å². The zero-order valence-corrected chi connectivity index (χ0v) is 16.5. The average Bonchev–Trinajstić information content (AvgIpc) is 2.58. The first-order chi connectivity index (χ1) is 13.5. The Morgan fingerprint density at radius 3 is 2.45 bits per heavy atom. The third kappa shape index (κ3) is 3.98. The molecule has 0 bridgehead atoms. The highest BCUT2D eigenvalue weighted by Gasteiger charge is 2.39. The van der Waals surface area contributed by atoms with Gasteiger partial charge in [0.25, 0.3) is 5.79 Å². The number of benzene rings is 1. The molecule has 0 radical (unpaired) electrons. The van der Waals surface area contributed by atoms with Crippen LogP contribution in [0.25, 0.3) is 0 Å².